The average Bonchev–Trinajstić information content (AvgIpc) is 2.07. The Labute approximate surface area is 74.7 Å². The van der Waals surface area contributed by atoms with E-state index >= 15 is 0 Å². The van der Waals surface area contributed by atoms with Crippen molar-refractivity contribution in [2.24, 2.45) is 5.92 Å². The molecule has 1 aliphatic heterocycles. The van der Waals surface area contributed by atoms with Crippen molar-refractivity contribution >= 4 is 0 Å². The maximum Gasteiger partial charge on any atom is 0.116 e. The van der Waals surface area contributed by atoms with E-state index in [4.69, 9.17) is 0 Å². The third-order valence-corrected chi connectivity index (χ3v) is 3.00. The Balaban J connectivity index is 2.42. The Bertz CT molecular complexity index is 138. The van der Waals surface area contributed by atoms with Gasteiger partial charge in [0.1, 0.15) is 5.67 Å². The van der Waals surface area contributed by atoms with Crippen molar-refractivity contribution in [3.63, 3.8) is 0 Å². The summed E-state index contributed by atoms with van der Waals surface area (Å²) in [6.45, 7) is 5.84. The van der Waals surface area contributed by atoms with Crippen molar-refractivity contribution < 1.29 is 4.39 Å². The molecule has 0 aliphatic carbocycles. The van der Waals surface area contributed by atoms with E-state index in [2.05, 4.69) is 12.2 Å². The first-order chi connectivity index (χ1) is 5.69. The van der Waals surface area contributed by atoms with Crippen LogP contribution in [0.4, 0.5) is 4.39 Å². The van der Waals surface area contributed by atoms with Crippen LogP contribution in [-0.4, -0.2) is 18.8 Å². The van der Waals surface area contributed by atoms with E-state index in [1.54, 1.807) is 0 Å². The smallest absolute Gasteiger partial charge is 0.116 e. The maximum absolute atomic E-state index is 14.1. The Morgan fingerprint density at radius 3 is 2.92 bits per heavy atom. The average molecular weight is 173 g/mol. The van der Waals surface area contributed by atoms with Gasteiger partial charge in [0.05, 0.1) is 0 Å². The van der Waals surface area contributed by atoms with E-state index in [0.717, 1.165) is 32.4 Å². The Hall–Kier alpha value is -0.110. The second-order valence-corrected chi connectivity index (χ2v) is 3.99. The molecule has 2 atom stereocenters. The molecule has 72 valence electrons. The third-order valence-electron chi connectivity index (χ3n) is 3.00. The number of halogens is 1. The monoisotopic (exact) mass is 173 g/mol. The van der Waals surface area contributed by atoms with Gasteiger partial charge in [0.15, 0.2) is 0 Å². The molecule has 2 unspecified atom stereocenters. The van der Waals surface area contributed by atoms with Gasteiger partial charge in [-0.2, -0.15) is 0 Å². The van der Waals surface area contributed by atoms with Crippen LogP contribution < -0.4 is 5.32 Å². The summed E-state index contributed by atoms with van der Waals surface area (Å²) in [7, 11) is 0. The summed E-state index contributed by atoms with van der Waals surface area (Å²) >= 11 is 0. The van der Waals surface area contributed by atoms with E-state index in [1.807, 2.05) is 6.92 Å². The topological polar surface area (TPSA) is 12.0 Å². The molecule has 1 nitrogen and oxygen atoms in total. The fourth-order valence-electron chi connectivity index (χ4n) is 1.89. The normalized spacial score (nSPS) is 36.8. The lowest BCUT2D eigenvalue weighted by atomic mass is 9.81. The van der Waals surface area contributed by atoms with Crippen molar-refractivity contribution in [1.29, 1.82) is 0 Å². The second-order valence-electron chi connectivity index (χ2n) is 3.99. The summed E-state index contributed by atoms with van der Waals surface area (Å²) in [5.41, 5.74) is -0.874. The molecule has 1 fully saturated rings. The summed E-state index contributed by atoms with van der Waals surface area (Å²) in [5.74, 6) is 0.192. The zero-order valence-corrected chi connectivity index (χ0v) is 8.20. The number of nitrogens with one attached hydrogen (secondary N) is 1. The van der Waals surface area contributed by atoms with Gasteiger partial charge in [-0.15, -0.1) is 0 Å². The fraction of sp³-hybridized carbons (Fsp3) is 1.00. The van der Waals surface area contributed by atoms with E-state index in [0.29, 0.717) is 6.42 Å². The number of alkyl halides is 1. The summed E-state index contributed by atoms with van der Waals surface area (Å²) in [4.78, 5) is 0. The Morgan fingerprint density at radius 2 is 2.33 bits per heavy atom. The van der Waals surface area contributed by atoms with Crippen LogP contribution in [0, 0.1) is 5.92 Å². The van der Waals surface area contributed by atoms with Gasteiger partial charge in [0.2, 0.25) is 0 Å². The van der Waals surface area contributed by atoms with Gasteiger partial charge >= 0.3 is 0 Å². The van der Waals surface area contributed by atoms with Gasteiger partial charge in [-0.05, 0) is 19.4 Å². The minimum absolute atomic E-state index is 0.192. The quantitative estimate of drug-likeness (QED) is 0.691. The van der Waals surface area contributed by atoms with Crippen molar-refractivity contribution in [3.8, 4) is 0 Å². The molecule has 12 heavy (non-hydrogen) atoms. The SMILES string of the molecule is CCCCC1(F)CCNCC1C. The third kappa shape index (κ3) is 2.19. The number of piperidine rings is 1. The predicted octanol–water partition coefficient (Wildman–Crippen LogP) is 2.51. The highest BCUT2D eigenvalue weighted by Gasteiger charge is 2.37. The van der Waals surface area contributed by atoms with Gasteiger partial charge < -0.3 is 5.32 Å². The highest BCUT2D eigenvalue weighted by atomic mass is 19.1. The molecule has 0 radical (unpaired) electrons. The first kappa shape index (κ1) is 9.97. The molecule has 0 aromatic heterocycles. The molecule has 0 spiro atoms. The molecule has 1 aliphatic rings. The summed E-state index contributed by atoms with van der Waals surface area (Å²) in [6.07, 6.45) is 3.59. The molecule has 1 N–H and O–H groups in total. The number of hydrogen-bond acceptors (Lipinski definition) is 1. The first-order valence-corrected chi connectivity index (χ1v) is 5.08. The highest BCUT2D eigenvalue weighted by Crippen LogP contribution is 2.33. The van der Waals surface area contributed by atoms with Gasteiger partial charge in [-0.25, -0.2) is 4.39 Å². The van der Waals surface area contributed by atoms with Crippen LogP contribution in [0.3, 0.4) is 0 Å². The molecular weight excluding hydrogens is 153 g/mol. The maximum atomic E-state index is 14.1. The number of unbranched alkanes of at least 4 members (excludes halogenated alkanes) is 1. The van der Waals surface area contributed by atoms with Crippen LogP contribution in [0.2, 0.25) is 0 Å². The molecule has 0 amide bonds. The van der Waals surface area contributed by atoms with Crippen LogP contribution >= 0.6 is 0 Å². The van der Waals surface area contributed by atoms with Crippen LogP contribution in [0.15, 0.2) is 0 Å². The highest BCUT2D eigenvalue weighted by molar-refractivity contribution is 4.89. The van der Waals surface area contributed by atoms with E-state index < -0.39 is 5.67 Å². The minimum Gasteiger partial charge on any atom is -0.316 e. The van der Waals surface area contributed by atoms with Crippen molar-refractivity contribution in [1.82, 2.24) is 5.32 Å². The minimum atomic E-state index is -0.874. The van der Waals surface area contributed by atoms with Crippen molar-refractivity contribution in [3.05, 3.63) is 0 Å². The molecule has 0 bridgehead atoms. The lowest BCUT2D eigenvalue weighted by molar-refractivity contribution is 0.0465. The fourth-order valence-corrected chi connectivity index (χ4v) is 1.89. The zero-order chi connectivity index (χ0) is 9.03. The molecule has 0 saturated carbocycles. The Kier molecular flexibility index (Phi) is 3.51. The molecule has 1 rings (SSSR count). The van der Waals surface area contributed by atoms with Crippen LogP contribution in [0.1, 0.15) is 39.5 Å². The number of rotatable bonds is 3. The van der Waals surface area contributed by atoms with Crippen molar-refractivity contribution in [2.45, 2.75) is 45.2 Å². The van der Waals surface area contributed by atoms with Gasteiger partial charge in [-0.3, -0.25) is 0 Å². The van der Waals surface area contributed by atoms with Crippen LogP contribution in [0.5, 0.6) is 0 Å². The number of hydrogen-bond donors (Lipinski definition) is 1. The van der Waals surface area contributed by atoms with Crippen LogP contribution in [0.25, 0.3) is 0 Å². The summed E-state index contributed by atoms with van der Waals surface area (Å²) in [6, 6.07) is 0. The molecule has 1 heterocycles. The standard InChI is InChI=1S/C10H20FN/c1-3-4-5-10(11)6-7-12-8-9(10)2/h9,12H,3-8H2,1-2H3. The van der Waals surface area contributed by atoms with E-state index in [-0.39, 0.29) is 5.92 Å². The van der Waals surface area contributed by atoms with E-state index in [9.17, 15) is 4.39 Å². The largest absolute Gasteiger partial charge is 0.316 e. The zero-order valence-electron chi connectivity index (χ0n) is 8.20. The second kappa shape index (κ2) is 4.22. The lowest BCUT2D eigenvalue weighted by Crippen LogP contribution is -2.45. The summed E-state index contributed by atoms with van der Waals surface area (Å²) in [5, 5.41) is 3.23. The molecule has 1 saturated heterocycles. The summed E-state index contributed by atoms with van der Waals surface area (Å²) < 4.78 is 14.1. The lowest BCUT2D eigenvalue weighted by Gasteiger charge is -2.36. The molecule has 0 aromatic carbocycles. The Morgan fingerprint density at radius 1 is 1.58 bits per heavy atom. The molecule has 2 heteroatoms. The molecular formula is C10H20FN. The first-order valence-electron chi connectivity index (χ1n) is 5.08. The van der Waals surface area contributed by atoms with Crippen LogP contribution in [-0.2, 0) is 0 Å². The molecule has 0 aromatic rings. The predicted molar refractivity (Wildman–Crippen MR) is 50.0 cm³/mol. The van der Waals surface area contributed by atoms with Gasteiger partial charge in [0, 0.05) is 12.5 Å². The van der Waals surface area contributed by atoms with E-state index in [1.165, 1.54) is 0 Å². The van der Waals surface area contributed by atoms with Gasteiger partial charge in [0.25, 0.3) is 0 Å². The van der Waals surface area contributed by atoms with Gasteiger partial charge in [-0.1, -0.05) is 26.7 Å². The van der Waals surface area contributed by atoms with Crippen molar-refractivity contribution in [2.75, 3.05) is 13.1 Å².